The third-order valence-corrected chi connectivity index (χ3v) is 5.45. The van der Waals surface area contributed by atoms with Crippen molar-refractivity contribution in [3.63, 3.8) is 0 Å². The molecule has 1 fully saturated rings. The molecule has 156 valence electrons. The molecule has 1 aromatic rings. The number of hydrogen-bond donors (Lipinski definition) is 1. The highest BCUT2D eigenvalue weighted by molar-refractivity contribution is 5.80. The number of ether oxygens (including phenoxy) is 2. The average molecular weight is 392 g/mol. The third kappa shape index (κ3) is 5.09. The first-order valence-corrected chi connectivity index (χ1v) is 10.0. The van der Waals surface area contributed by atoms with Crippen LogP contribution < -0.4 is 14.8 Å². The number of nitrogens with zero attached hydrogens (tertiary/aromatic N) is 2. The molecule has 1 aliphatic heterocycles. The van der Waals surface area contributed by atoms with Gasteiger partial charge in [0.2, 0.25) is 5.91 Å². The van der Waals surface area contributed by atoms with E-state index in [4.69, 9.17) is 9.47 Å². The Morgan fingerprint density at radius 1 is 1.18 bits per heavy atom. The molecule has 7 nitrogen and oxygen atoms in total. The zero-order valence-electron chi connectivity index (χ0n) is 17.7. The van der Waals surface area contributed by atoms with Crippen molar-refractivity contribution < 1.29 is 19.1 Å². The molecule has 1 aromatic carbocycles. The van der Waals surface area contributed by atoms with Gasteiger partial charge in [0.05, 0.1) is 20.3 Å². The van der Waals surface area contributed by atoms with Gasteiger partial charge in [0.25, 0.3) is 0 Å². The smallest absolute Gasteiger partial charge is 0.317 e. The van der Waals surface area contributed by atoms with E-state index in [2.05, 4.69) is 5.32 Å². The Morgan fingerprint density at radius 3 is 2.36 bits per heavy atom. The first-order chi connectivity index (χ1) is 13.4. The van der Waals surface area contributed by atoms with E-state index in [1.165, 1.54) is 0 Å². The summed E-state index contributed by atoms with van der Waals surface area (Å²) in [6.45, 7) is 8.58. The van der Waals surface area contributed by atoms with Gasteiger partial charge in [0.15, 0.2) is 0 Å². The molecule has 28 heavy (non-hydrogen) atoms. The Bertz CT molecular complexity index is 668. The van der Waals surface area contributed by atoms with Gasteiger partial charge in [-0.05, 0) is 45.7 Å². The number of carbonyl (C=O) groups is 2. The molecule has 1 N–H and O–H groups in total. The van der Waals surface area contributed by atoms with E-state index in [1.807, 2.05) is 43.9 Å². The number of piperidine rings is 1. The number of hydrogen-bond acceptors (Lipinski definition) is 4. The lowest BCUT2D eigenvalue weighted by Gasteiger charge is -2.34. The molecule has 0 saturated carbocycles. The SMILES string of the molecule is CCN(CC)C(=O)C1CCN(C(=O)NC(C)c2ccc(OC)cc2OC)CC1. The molecule has 0 aromatic heterocycles. The van der Waals surface area contributed by atoms with Crippen LogP contribution in [0.3, 0.4) is 0 Å². The summed E-state index contributed by atoms with van der Waals surface area (Å²) in [5.74, 6) is 1.61. The van der Waals surface area contributed by atoms with Gasteiger partial charge in [0.1, 0.15) is 11.5 Å². The average Bonchev–Trinajstić information content (AvgIpc) is 2.73. The molecule has 2 rings (SSSR count). The zero-order chi connectivity index (χ0) is 20.7. The molecule has 1 aliphatic rings. The predicted octanol–water partition coefficient (Wildman–Crippen LogP) is 3.05. The Balaban J connectivity index is 1.93. The number of urea groups is 1. The number of amides is 3. The molecule has 0 spiro atoms. The first kappa shape index (κ1) is 21.9. The lowest BCUT2D eigenvalue weighted by atomic mass is 9.95. The number of nitrogens with one attached hydrogen (secondary N) is 1. The molecular weight excluding hydrogens is 358 g/mol. The normalized spacial score (nSPS) is 15.7. The Morgan fingerprint density at radius 2 is 1.82 bits per heavy atom. The quantitative estimate of drug-likeness (QED) is 0.775. The highest BCUT2D eigenvalue weighted by Gasteiger charge is 2.30. The highest BCUT2D eigenvalue weighted by Crippen LogP contribution is 2.29. The Labute approximate surface area is 168 Å². The van der Waals surface area contributed by atoms with Crippen molar-refractivity contribution in [1.29, 1.82) is 0 Å². The van der Waals surface area contributed by atoms with Gasteiger partial charge in [0, 0.05) is 43.7 Å². The van der Waals surface area contributed by atoms with E-state index in [0.717, 1.165) is 18.7 Å². The van der Waals surface area contributed by atoms with Crippen molar-refractivity contribution >= 4 is 11.9 Å². The minimum absolute atomic E-state index is 0.0167. The lowest BCUT2D eigenvalue weighted by Crippen LogP contribution is -2.48. The Kier molecular flexibility index (Phi) is 7.96. The number of carbonyl (C=O) groups excluding carboxylic acids is 2. The fraction of sp³-hybridized carbons (Fsp3) is 0.619. The van der Waals surface area contributed by atoms with Crippen LogP contribution >= 0.6 is 0 Å². The molecule has 1 unspecified atom stereocenters. The summed E-state index contributed by atoms with van der Waals surface area (Å²) in [6.07, 6.45) is 1.42. The summed E-state index contributed by atoms with van der Waals surface area (Å²) in [5, 5.41) is 3.04. The second kappa shape index (κ2) is 10.2. The van der Waals surface area contributed by atoms with E-state index in [9.17, 15) is 9.59 Å². The van der Waals surface area contributed by atoms with Crippen molar-refractivity contribution in [1.82, 2.24) is 15.1 Å². The second-order valence-electron chi connectivity index (χ2n) is 7.05. The van der Waals surface area contributed by atoms with Crippen LogP contribution in [0.15, 0.2) is 18.2 Å². The molecule has 7 heteroatoms. The van der Waals surface area contributed by atoms with Crippen molar-refractivity contribution in [2.75, 3.05) is 40.4 Å². The van der Waals surface area contributed by atoms with Gasteiger partial charge >= 0.3 is 6.03 Å². The van der Waals surface area contributed by atoms with Gasteiger partial charge in [-0.15, -0.1) is 0 Å². The van der Waals surface area contributed by atoms with Gasteiger partial charge in [-0.25, -0.2) is 4.79 Å². The molecule has 1 saturated heterocycles. The van der Waals surface area contributed by atoms with E-state index < -0.39 is 0 Å². The van der Waals surface area contributed by atoms with Crippen molar-refractivity contribution in [3.8, 4) is 11.5 Å². The maximum atomic E-state index is 12.7. The number of rotatable bonds is 7. The highest BCUT2D eigenvalue weighted by atomic mass is 16.5. The maximum absolute atomic E-state index is 12.7. The van der Waals surface area contributed by atoms with E-state index in [0.29, 0.717) is 37.4 Å². The fourth-order valence-corrected chi connectivity index (χ4v) is 3.65. The van der Waals surface area contributed by atoms with Crippen LogP contribution in [-0.4, -0.2) is 62.1 Å². The van der Waals surface area contributed by atoms with Crippen LogP contribution in [-0.2, 0) is 4.79 Å². The summed E-state index contributed by atoms with van der Waals surface area (Å²) in [7, 11) is 3.21. The molecule has 0 aliphatic carbocycles. The molecule has 3 amide bonds. The van der Waals surface area contributed by atoms with Gasteiger partial charge in [-0.2, -0.15) is 0 Å². The summed E-state index contributed by atoms with van der Waals surface area (Å²) in [5.41, 5.74) is 0.892. The molecule has 1 heterocycles. The number of methoxy groups -OCH3 is 2. The topological polar surface area (TPSA) is 71.1 Å². The van der Waals surface area contributed by atoms with E-state index in [1.54, 1.807) is 19.1 Å². The van der Waals surface area contributed by atoms with Gasteiger partial charge in [-0.3, -0.25) is 4.79 Å². The summed E-state index contributed by atoms with van der Waals surface area (Å²) in [6, 6.07) is 5.24. The lowest BCUT2D eigenvalue weighted by molar-refractivity contribution is -0.136. The monoisotopic (exact) mass is 391 g/mol. The molecule has 0 radical (unpaired) electrons. The number of likely N-dealkylation sites (tertiary alicyclic amines) is 1. The van der Waals surface area contributed by atoms with Crippen molar-refractivity contribution in [2.45, 2.75) is 39.7 Å². The van der Waals surface area contributed by atoms with Crippen LogP contribution in [0.4, 0.5) is 4.79 Å². The van der Waals surface area contributed by atoms with Crippen LogP contribution in [0.1, 0.15) is 45.2 Å². The Hall–Kier alpha value is -2.44. The van der Waals surface area contributed by atoms with Crippen LogP contribution in [0.2, 0.25) is 0 Å². The van der Waals surface area contributed by atoms with E-state index >= 15 is 0 Å². The largest absolute Gasteiger partial charge is 0.497 e. The number of benzene rings is 1. The van der Waals surface area contributed by atoms with Gasteiger partial charge < -0.3 is 24.6 Å². The minimum atomic E-state index is -0.205. The van der Waals surface area contributed by atoms with Gasteiger partial charge in [-0.1, -0.05) is 0 Å². The van der Waals surface area contributed by atoms with Crippen LogP contribution in [0.5, 0.6) is 11.5 Å². The van der Waals surface area contributed by atoms with Crippen LogP contribution in [0, 0.1) is 5.92 Å². The van der Waals surface area contributed by atoms with Crippen molar-refractivity contribution in [3.05, 3.63) is 23.8 Å². The molecule has 0 bridgehead atoms. The van der Waals surface area contributed by atoms with Crippen molar-refractivity contribution in [2.24, 2.45) is 5.92 Å². The summed E-state index contributed by atoms with van der Waals surface area (Å²) >= 11 is 0. The maximum Gasteiger partial charge on any atom is 0.317 e. The predicted molar refractivity (Wildman–Crippen MR) is 109 cm³/mol. The second-order valence-corrected chi connectivity index (χ2v) is 7.05. The minimum Gasteiger partial charge on any atom is -0.497 e. The molecular formula is C21H33N3O4. The molecule has 1 atom stereocenters. The fourth-order valence-electron chi connectivity index (χ4n) is 3.65. The first-order valence-electron chi connectivity index (χ1n) is 10.0. The summed E-state index contributed by atoms with van der Waals surface area (Å²) in [4.78, 5) is 28.9. The van der Waals surface area contributed by atoms with E-state index in [-0.39, 0.29) is 23.9 Å². The third-order valence-electron chi connectivity index (χ3n) is 5.45. The van der Waals surface area contributed by atoms with Crippen LogP contribution in [0.25, 0.3) is 0 Å². The standard InChI is InChI=1S/C21H33N3O4/c1-6-23(7-2)20(25)16-10-12-24(13-11-16)21(26)22-15(3)18-9-8-17(27-4)14-19(18)28-5/h8-9,14-16H,6-7,10-13H2,1-5H3,(H,22,26). The summed E-state index contributed by atoms with van der Waals surface area (Å²) < 4.78 is 10.7. The zero-order valence-corrected chi connectivity index (χ0v) is 17.7.